The lowest BCUT2D eigenvalue weighted by Gasteiger charge is -2.14. The van der Waals surface area contributed by atoms with Gasteiger partial charge in [0.1, 0.15) is 5.75 Å². The Labute approximate surface area is 161 Å². The Morgan fingerprint density at radius 2 is 2.00 bits per heavy atom. The van der Waals surface area contributed by atoms with Gasteiger partial charge in [0.05, 0.1) is 4.90 Å². The van der Waals surface area contributed by atoms with Crippen molar-refractivity contribution >= 4 is 45.5 Å². The van der Waals surface area contributed by atoms with E-state index in [-0.39, 0.29) is 11.7 Å². The molecule has 0 aliphatic carbocycles. The highest BCUT2D eigenvalue weighted by Crippen LogP contribution is 2.40. The molecule has 3 rings (SSSR count). The lowest BCUT2D eigenvalue weighted by Crippen LogP contribution is -2.17. The molecule has 1 aromatic heterocycles. The molecule has 0 saturated carbocycles. The van der Waals surface area contributed by atoms with Crippen molar-refractivity contribution in [1.82, 2.24) is 5.32 Å². The third-order valence-electron chi connectivity index (χ3n) is 4.11. The van der Waals surface area contributed by atoms with Gasteiger partial charge in [0.15, 0.2) is 0 Å². The summed E-state index contributed by atoms with van der Waals surface area (Å²) in [5.74, 6) is 0.915. The number of carbonyl (C=O) groups is 1. The van der Waals surface area contributed by atoms with Crippen molar-refractivity contribution in [2.75, 3.05) is 24.7 Å². The van der Waals surface area contributed by atoms with Crippen molar-refractivity contribution in [2.45, 2.75) is 17.7 Å². The first-order chi connectivity index (χ1) is 12.7. The van der Waals surface area contributed by atoms with Gasteiger partial charge in [-0.15, -0.1) is 23.1 Å². The molecule has 0 aliphatic rings. The van der Waals surface area contributed by atoms with E-state index in [0.29, 0.717) is 12.2 Å². The number of thioether (sulfide) groups is 1. The highest BCUT2D eigenvalue weighted by molar-refractivity contribution is 7.99. The van der Waals surface area contributed by atoms with Crippen LogP contribution >= 0.6 is 23.1 Å². The molecule has 0 bridgehead atoms. The Hall–Kier alpha value is -2.18. The maximum absolute atomic E-state index is 11.4. The number of carbonyl (C=O) groups excluding carboxylic acids is 1. The van der Waals surface area contributed by atoms with E-state index < -0.39 is 0 Å². The monoisotopic (exact) mass is 386 g/mol. The largest absolute Gasteiger partial charge is 0.506 e. The fourth-order valence-corrected chi connectivity index (χ4v) is 4.41. The average molecular weight is 387 g/mol. The third-order valence-corrected chi connectivity index (χ3v) is 6.08. The van der Waals surface area contributed by atoms with Crippen LogP contribution < -0.4 is 10.6 Å². The van der Waals surface area contributed by atoms with Crippen LogP contribution in [0.15, 0.2) is 52.7 Å². The lowest BCUT2D eigenvalue weighted by atomic mass is 10.1. The van der Waals surface area contributed by atoms with Crippen molar-refractivity contribution in [2.24, 2.45) is 0 Å². The molecule has 1 amide bonds. The molecule has 0 fully saturated rings. The van der Waals surface area contributed by atoms with Crippen LogP contribution in [0, 0.1) is 0 Å². The van der Waals surface area contributed by atoms with Crippen LogP contribution in [-0.2, 0) is 11.2 Å². The van der Waals surface area contributed by atoms with Crippen LogP contribution in [0.4, 0.5) is 5.69 Å². The third kappa shape index (κ3) is 4.51. The Balaban J connectivity index is 1.78. The first-order valence-corrected chi connectivity index (χ1v) is 10.4. The summed E-state index contributed by atoms with van der Waals surface area (Å²) in [6.45, 7) is 0.831. The molecule has 136 valence electrons. The molecule has 3 N–H and O–H groups in total. The first kappa shape index (κ1) is 18.6. The average Bonchev–Trinajstić information content (AvgIpc) is 3.18. The van der Waals surface area contributed by atoms with Crippen molar-refractivity contribution in [3.05, 3.63) is 52.7 Å². The Bertz CT molecular complexity index is 879. The van der Waals surface area contributed by atoms with Gasteiger partial charge in [-0.05, 0) is 23.9 Å². The summed E-state index contributed by atoms with van der Waals surface area (Å²) >= 11 is 3.26. The first-order valence-electron chi connectivity index (χ1n) is 8.53. The van der Waals surface area contributed by atoms with Crippen LogP contribution in [-0.4, -0.2) is 30.4 Å². The van der Waals surface area contributed by atoms with Crippen molar-refractivity contribution in [3.63, 3.8) is 0 Å². The van der Waals surface area contributed by atoms with Gasteiger partial charge in [0.25, 0.3) is 0 Å². The highest BCUT2D eigenvalue weighted by atomic mass is 32.2. The molecule has 0 aliphatic heterocycles. The standard InChI is InChI=1S/C20H22N2O2S2/c1-21-19(23)9-12-26-18-13-17(22-10-8-14-5-4-11-25-14)15-6-2-3-7-16(15)20(18)24/h2-7,11,13,22,24H,8-10,12H2,1H3,(H,21,23). The number of hydrogen-bond acceptors (Lipinski definition) is 5. The fourth-order valence-electron chi connectivity index (χ4n) is 2.74. The van der Waals surface area contributed by atoms with E-state index in [1.807, 2.05) is 30.3 Å². The number of phenolic OH excluding ortho intramolecular Hbond substituents is 1. The minimum atomic E-state index is 0.00655. The van der Waals surface area contributed by atoms with E-state index in [1.165, 1.54) is 16.6 Å². The van der Waals surface area contributed by atoms with Crippen LogP contribution in [0.2, 0.25) is 0 Å². The van der Waals surface area contributed by atoms with Crippen molar-refractivity contribution in [3.8, 4) is 5.75 Å². The van der Waals surface area contributed by atoms with Gasteiger partial charge in [-0.1, -0.05) is 30.3 Å². The molecular weight excluding hydrogens is 364 g/mol. The second kappa shape index (κ2) is 8.96. The van der Waals surface area contributed by atoms with Crippen molar-refractivity contribution in [1.29, 1.82) is 0 Å². The van der Waals surface area contributed by atoms with Gasteiger partial charge >= 0.3 is 0 Å². The smallest absolute Gasteiger partial charge is 0.220 e. The minimum absolute atomic E-state index is 0.00655. The van der Waals surface area contributed by atoms with E-state index in [9.17, 15) is 9.90 Å². The SMILES string of the molecule is CNC(=O)CCSc1cc(NCCc2cccs2)c2ccccc2c1O. The topological polar surface area (TPSA) is 61.4 Å². The summed E-state index contributed by atoms with van der Waals surface area (Å²) in [7, 11) is 1.64. The summed E-state index contributed by atoms with van der Waals surface area (Å²) < 4.78 is 0. The van der Waals surface area contributed by atoms with E-state index in [2.05, 4.69) is 28.1 Å². The Kier molecular flexibility index (Phi) is 6.41. The van der Waals surface area contributed by atoms with Gasteiger partial charge in [-0.25, -0.2) is 0 Å². The van der Waals surface area contributed by atoms with Gasteiger partial charge in [0, 0.05) is 47.1 Å². The number of amides is 1. The number of aromatic hydroxyl groups is 1. The molecule has 3 aromatic rings. The van der Waals surface area contributed by atoms with E-state index in [4.69, 9.17) is 0 Å². The summed E-state index contributed by atoms with van der Waals surface area (Å²) in [6.07, 6.45) is 1.39. The number of benzene rings is 2. The Morgan fingerprint density at radius 3 is 2.73 bits per heavy atom. The normalized spacial score (nSPS) is 10.8. The summed E-state index contributed by atoms with van der Waals surface area (Å²) in [6, 6.07) is 14.0. The number of hydrogen-bond donors (Lipinski definition) is 3. The van der Waals surface area contributed by atoms with Crippen LogP contribution in [0.1, 0.15) is 11.3 Å². The number of anilines is 1. The molecule has 0 atom stereocenters. The number of fused-ring (bicyclic) bond motifs is 1. The molecule has 2 aromatic carbocycles. The predicted molar refractivity (Wildman–Crippen MR) is 112 cm³/mol. The maximum atomic E-state index is 11.4. The highest BCUT2D eigenvalue weighted by Gasteiger charge is 2.12. The fraction of sp³-hybridized carbons (Fsp3) is 0.250. The van der Waals surface area contributed by atoms with E-state index in [0.717, 1.165) is 34.3 Å². The molecule has 0 radical (unpaired) electrons. The zero-order valence-electron chi connectivity index (χ0n) is 14.6. The number of rotatable bonds is 8. The Morgan fingerprint density at radius 1 is 1.19 bits per heavy atom. The van der Waals surface area contributed by atoms with Gasteiger partial charge in [-0.3, -0.25) is 4.79 Å². The second-order valence-corrected chi connectivity index (χ2v) is 8.01. The molecule has 0 spiro atoms. The van der Waals surface area contributed by atoms with Crippen LogP contribution in [0.5, 0.6) is 5.75 Å². The van der Waals surface area contributed by atoms with E-state index >= 15 is 0 Å². The number of phenols is 1. The lowest BCUT2D eigenvalue weighted by molar-refractivity contribution is -0.120. The molecular formula is C20H22N2O2S2. The predicted octanol–water partition coefficient (Wildman–Crippen LogP) is 4.49. The molecule has 4 nitrogen and oxygen atoms in total. The van der Waals surface area contributed by atoms with Crippen molar-refractivity contribution < 1.29 is 9.90 Å². The summed E-state index contributed by atoms with van der Waals surface area (Å²) in [4.78, 5) is 13.6. The quantitative estimate of drug-likeness (QED) is 0.394. The molecule has 6 heteroatoms. The van der Waals surface area contributed by atoms with E-state index in [1.54, 1.807) is 18.4 Å². The summed E-state index contributed by atoms with van der Waals surface area (Å²) in [5.41, 5.74) is 1.01. The zero-order chi connectivity index (χ0) is 18.4. The van der Waals surface area contributed by atoms with Gasteiger partial charge in [0.2, 0.25) is 5.91 Å². The summed E-state index contributed by atoms with van der Waals surface area (Å²) in [5, 5.41) is 20.7. The molecule has 1 heterocycles. The zero-order valence-corrected chi connectivity index (χ0v) is 16.3. The maximum Gasteiger partial charge on any atom is 0.220 e. The molecule has 26 heavy (non-hydrogen) atoms. The van der Waals surface area contributed by atoms with Crippen LogP contribution in [0.25, 0.3) is 10.8 Å². The second-order valence-electron chi connectivity index (χ2n) is 5.84. The minimum Gasteiger partial charge on any atom is -0.506 e. The van der Waals surface area contributed by atoms with Gasteiger partial charge in [-0.2, -0.15) is 0 Å². The van der Waals surface area contributed by atoms with Crippen LogP contribution in [0.3, 0.4) is 0 Å². The van der Waals surface area contributed by atoms with Gasteiger partial charge < -0.3 is 15.7 Å². The molecule has 0 unspecified atom stereocenters. The number of nitrogens with one attached hydrogen (secondary N) is 2. The number of thiophene rings is 1. The molecule has 0 saturated heterocycles.